The predicted molar refractivity (Wildman–Crippen MR) is 52.3 cm³/mol. The lowest BCUT2D eigenvalue weighted by Crippen LogP contribution is -2.63. The Balaban J connectivity index is 2.79. The van der Waals surface area contributed by atoms with Gasteiger partial charge in [-0.15, -0.1) is 5.92 Å². The number of carbonyl (C=O) groups excluding carboxylic acids is 2. The highest BCUT2D eigenvalue weighted by atomic mass is 16.2. The van der Waals surface area contributed by atoms with Crippen molar-refractivity contribution in [2.45, 2.75) is 26.3 Å². The molecule has 0 aromatic rings. The summed E-state index contributed by atoms with van der Waals surface area (Å²) in [5, 5.41) is 2.63. The van der Waals surface area contributed by atoms with Crippen LogP contribution in [0.25, 0.3) is 0 Å². The number of rotatable bonds is 1. The van der Waals surface area contributed by atoms with Gasteiger partial charge in [-0.05, 0) is 20.8 Å². The van der Waals surface area contributed by atoms with Crippen molar-refractivity contribution in [1.82, 2.24) is 10.2 Å². The minimum absolute atomic E-state index is 0.0835. The third kappa shape index (κ3) is 2.05. The fourth-order valence-corrected chi connectivity index (χ4v) is 1.38. The van der Waals surface area contributed by atoms with E-state index in [1.807, 2.05) is 0 Å². The summed E-state index contributed by atoms with van der Waals surface area (Å²) in [6.45, 7) is 5.53. The first-order valence-electron chi connectivity index (χ1n) is 4.47. The molecule has 0 saturated carbocycles. The first-order chi connectivity index (χ1) is 6.47. The Morgan fingerprint density at radius 1 is 1.50 bits per heavy atom. The molecule has 0 aliphatic carbocycles. The fraction of sp³-hybridized carbons (Fsp3) is 0.600. The molecular formula is C10H14N2O2. The van der Waals surface area contributed by atoms with E-state index >= 15 is 0 Å². The molecule has 4 heteroatoms. The van der Waals surface area contributed by atoms with Crippen LogP contribution in [0.2, 0.25) is 0 Å². The van der Waals surface area contributed by atoms with E-state index in [0.29, 0.717) is 6.54 Å². The number of piperazine rings is 1. The van der Waals surface area contributed by atoms with Crippen molar-refractivity contribution in [3.8, 4) is 11.8 Å². The quantitative estimate of drug-likeness (QED) is 0.585. The zero-order chi connectivity index (χ0) is 10.8. The molecular weight excluding hydrogens is 180 g/mol. The molecule has 0 aromatic carbocycles. The second kappa shape index (κ2) is 3.70. The Bertz CT molecular complexity index is 323. The molecule has 14 heavy (non-hydrogen) atoms. The van der Waals surface area contributed by atoms with E-state index in [2.05, 4.69) is 17.2 Å². The van der Waals surface area contributed by atoms with Gasteiger partial charge < -0.3 is 10.2 Å². The topological polar surface area (TPSA) is 49.4 Å². The summed E-state index contributed by atoms with van der Waals surface area (Å²) in [6.07, 6.45) is 0. The van der Waals surface area contributed by atoms with Crippen LogP contribution < -0.4 is 5.32 Å². The molecule has 1 aliphatic rings. The van der Waals surface area contributed by atoms with Gasteiger partial charge >= 0.3 is 0 Å². The van der Waals surface area contributed by atoms with Crippen LogP contribution in [0.3, 0.4) is 0 Å². The second-order valence-electron chi connectivity index (χ2n) is 3.76. The molecule has 0 aromatic heterocycles. The van der Waals surface area contributed by atoms with E-state index in [4.69, 9.17) is 0 Å². The van der Waals surface area contributed by atoms with Gasteiger partial charge in [0.05, 0.1) is 6.54 Å². The van der Waals surface area contributed by atoms with Crippen LogP contribution in [0.15, 0.2) is 0 Å². The van der Waals surface area contributed by atoms with Gasteiger partial charge in [0.1, 0.15) is 12.1 Å². The summed E-state index contributed by atoms with van der Waals surface area (Å²) in [4.78, 5) is 24.5. The Labute approximate surface area is 83.6 Å². The lowest BCUT2D eigenvalue weighted by Gasteiger charge is -2.36. The zero-order valence-corrected chi connectivity index (χ0v) is 8.68. The summed E-state index contributed by atoms with van der Waals surface area (Å²) in [5.41, 5.74) is -0.801. The fourth-order valence-electron chi connectivity index (χ4n) is 1.38. The zero-order valence-electron chi connectivity index (χ0n) is 8.68. The lowest BCUT2D eigenvalue weighted by molar-refractivity contribution is -0.147. The molecule has 0 spiro atoms. The average Bonchev–Trinajstić information content (AvgIpc) is 2.08. The number of carbonyl (C=O) groups is 2. The number of amides is 2. The van der Waals surface area contributed by atoms with Crippen molar-refractivity contribution < 1.29 is 9.59 Å². The van der Waals surface area contributed by atoms with Crippen LogP contribution in [0, 0.1) is 11.8 Å². The third-order valence-electron chi connectivity index (χ3n) is 2.05. The highest BCUT2D eigenvalue weighted by molar-refractivity contribution is 5.97. The van der Waals surface area contributed by atoms with E-state index in [1.54, 1.807) is 20.8 Å². The maximum absolute atomic E-state index is 11.7. The van der Waals surface area contributed by atoms with Gasteiger partial charge in [-0.25, -0.2) is 0 Å². The van der Waals surface area contributed by atoms with E-state index in [9.17, 15) is 9.59 Å². The van der Waals surface area contributed by atoms with Crippen LogP contribution in [0.5, 0.6) is 0 Å². The number of nitrogens with one attached hydrogen (secondary N) is 1. The minimum Gasteiger partial charge on any atom is -0.341 e. The molecule has 76 valence electrons. The smallest absolute Gasteiger partial charge is 0.249 e. The van der Waals surface area contributed by atoms with E-state index in [-0.39, 0.29) is 18.4 Å². The van der Waals surface area contributed by atoms with Crippen LogP contribution in [-0.4, -0.2) is 35.3 Å². The van der Waals surface area contributed by atoms with Crippen LogP contribution in [-0.2, 0) is 9.59 Å². The van der Waals surface area contributed by atoms with Gasteiger partial charge in [0.15, 0.2) is 0 Å². The molecule has 4 nitrogen and oxygen atoms in total. The van der Waals surface area contributed by atoms with Crippen molar-refractivity contribution in [2.75, 3.05) is 13.1 Å². The molecule has 0 atom stereocenters. The Kier molecular flexibility index (Phi) is 2.80. The Morgan fingerprint density at radius 3 is 2.71 bits per heavy atom. The minimum atomic E-state index is -0.801. The predicted octanol–water partition coefficient (Wildman–Crippen LogP) is -0.253. The van der Waals surface area contributed by atoms with Crippen LogP contribution in [0.4, 0.5) is 0 Å². The normalized spacial score (nSPS) is 19.8. The number of hydrogen-bond donors (Lipinski definition) is 1. The summed E-state index contributed by atoms with van der Waals surface area (Å²) in [6, 6.07) is 0. The lowest BCUT2D eigenvalue weighted by atomic mass is 10.0. The highest BCUT2D eigenvalue weighted by Gasteiger charge is 2.38. The molecule has 1 saturated heterocycles. The largest absolute Gasteiger partial charge is 0.341 e. The first kappa shape index (κ1) is 10.6. The van der Waals surface area contributed by atoms with Crippen molar-refractivity contribution in [2.24, 2.45) is 0 Å². The van der Waals surface area contributed by atoms with Gasteiger partial charge in [0, 0.05) is 0 Å². The summed E-state index contributed by atoms with van der Waals surface area (Å²) in [7, 11) is 0. The molecule has 1 aliphatic heterocycles. The van der Waals surface area contributed by atoms with Gasteiger partial charge in [-0.1, -0.05) is 5.92 Å². The highest BCUT2D eigenvalue weighted by Crippen LogP contribution is 2.12. The number of nitrogens with zero attached hydrogens (tertiary/aromatic N) is 1. The summed E-state index contributed by atoms with van der Waals surface area (Å²) >= 11 is 0. The monoisotopic (exact) mass is 194 g/mol. The summed E-state index contributed by atoms with van der Waals surface area (Å²) < 4.78 is 0. The first-order valence-corrected chi connectivity index (χ1v) is 4.47. The molecule has 1 N–H and O–H groups in total. The molecule has 0 unspecified atom stereocenters. The van der Waals surface area contributed by atoms with E-state index in [1.165, 1.54) is 4.90 Å². The summed E-state index contributed by atoms with van der Waals surface area (Å²) in [5.74, 6) is 5.27. The molecule has 1 rings (SSSR count). The Morgan fingerprint density at radius 2 is 2.14 bits per heavy atom. The maximum Gasteiger partial charge on any atom is 0.249 e. The number of hydrogen-bond acceptors (Lipinski definition) is 2. The molecule has 0 bridgehead atoms. The maximum atomic E-state index is 11.7. The SMILES string of the molecule is CC#CCN1CC(=O)NC(C)(C)C1=O. The van der Waals surface area contributed by atoms with Gasteiger partial charge in [0.25, 0.3) is 0 Å². The van der Waals surface area contributed by atoms with Gasteiger partial charge in [0.2, 0.25) is 11.8 Å². The third-order valence-corrected chi connectivity index (χ3v) is 2.05. The van der Waals surface area contributed by atoms with Crippen molar-refractivity contribution in [3.63, 3.8) is 0 Å². The van der Waals surface area contributed by atoms with E-state index in [0.717, 1.165) is 0 Å². The van der Waals surface area contributed by atoms with Crippen LogP contribution in [0.1, 0.15) is 20.8 Å². The molecule has 0 radical (unpaired) electrons. The molecule has 2 amide bonds. The van der Waals surface area contributed by atoms with E-state index < -0.39 is 5.54 Å². The van der Waals surface area contributed by atoms with Gasteiger partial charge in [-0.3, -0.25) is 9.59 Å². The second-order valence-corrected chi connectivity index (χ2v) is 3.76. The molecule has 1 heterocycles. The van der Waals surface area contributed by atoms with Gasteiger partial charge in [-0.2, -0.15) is 0 Å². The van der Waals surface area contributed by atoms with Crippen molar-refractivity contribution in [3.05, 3.63) is 0 Å². The molecule has 1 fully saturated rings. The van der Waals surface area contributed by atoms with Crippen LogP contribution >= 0.6 is 0 Å². The van der Waals surface area contributed by atoms with Crippen molar-refractivity contribution >= 4 is 11.8 Å². The Hall–Kier alpha value is -1.50. The van der Waals surface area contributed by atoms with Crippen molar-refractivity contribution in [1.29, 1.82) is 0 Å². The average molecular weight is 194 g/mol. The standard InChI is InChI=1S/C10H14N2O2/c1-4-5-6-12-7-8(13)11-10(2,3)9(12)14/h6-7H2,1-3H3,(H,11,13).